The summed E-state index contributed by atoms with van der Waals surface area (Å²) >= 11 is 13.3. The molecule has 4 rings (SSSR count). The molecule has 0 aliphatic rings. The number of ketones is 1. The number of ether oxygens (including phenoxy) is 1. The number of carbonyl (C=O) groups excluding carboxylic acids is 1. The summed E-state index contributed by atoms with van der Waals surface area (Å²) in [5.74, 6) is 0.0454. The van der Waals surface area contributed by atoms with E-state index < -0.39 is 15.6 Å². The molecule has 0 bridgehead atoms. The Bertz CT molecular complexity index is 1480. The third-order valence-corrected chi connectivity index (χ3v) is 8.32. The van der Waals surface area contributed by atoms with Crippen LogP contribution in [0.2, 0.25) is 10.0 Å². The summed E-state index contributed by atoms with van der Waals surface area (Å²) in [5, 5.41) is 3.84. The summed E-state index contributed by atoms with van der Waals surface area (Å²) in [6.45, 7) is 0. The van der Waals surface area contributed by atoms with E-state index in [1.54, 1.807) is 54.6 Å². The third kappa shape index (κ3) is 5.59. The Morgan fingerprint density at radius 3 is 2.37 bits per heavy atom. The number of nitrogens with two attached hydrogens (primary N) is 1. The number of halogens is 2. The zero-order valence-corrected chi connectivity index (χ0v) is 21.4. The molecular formula is C24H19Cl2N3O4S2. The molecule has 1 aromatic heterocycles. The van der Waals surface area contributed by atoms with Crippen molar-refractivity contribution in [1.29, 1.82) is 0 Å². The minimum absolute atomic E-state index is 0.0379. The van der Waals surface area contributed by atoms with E-state index in [-0.39, 0.29) is 37.0 Å². The smallest absolute Gasteiger partial charge is 0.209 e. The quantitative estimate of drug-likeness (QED) is 0.260. The van der Waals surface area contributed by atoms with Crippen LogP contribution in [0.25, 0.3) is 0 Å². The van der Waals surface area contributed by atoms with E-state index >= 15 is 0 Å². The second-order valence-electron chi connectivity index (χ2n) is 7.42. The molecule has 0 fully saturated rings. The Kier molecular flexibility index (Phi) is 7.32. The molecule has 3 N–H and O–H groups in total. The number of hydrogen-bond acceptors (Lipinski definition) is 8. The van der Waals surface area contributed by atoms with E-state index in [0.29, 0.717) is 22.1 Å². The fourth-order valence-corrected chi connectivity index (χ4v) is 6.07. The summed E-state index contributed by atoms with van der Waals surface area (Å²) in [4.78, 5) is 17.5. The number of carbonyl (C=O) groups is 1. The average Bonchev–Trinajstić information content (AvgIpc) is 3.19. The number of nitrogens with zero attached hydrogens (tertiary/aromatic N) is 1. The fourth-order valence-electron chi connectivity index (χ4n) is 3.31. The van der Waals surface area contributed by atoms with E-state index in [0.717, 1.165) is 11.3 Å². The summed E-state index contributed by atoms with van der Waals surface area (Å²) < 4.78 is 30.8. The number of hydrogen-bond donors (Lipinski definition) is 2. The molecule has 1 heterocycles. The fraction of sp³-hybridized carbons (Fsp3) is 0.0833. The van der Waals surface area contributed by atoms with Crippen molar-refractivity contribution in [3.05, 3.63) is 92.8 Å². The van der Waals surface area contributed by atoms with Gasteiger partial charge in [0.25, 0.3) is 0 Å². The molecule has 0 spiro atoms. The Labute approximate surface area is 216 Å². The molecule has 0 aliphatic carbocycles. The highest BCUT2D eigenvalue weighted by Crippen LogP contribution is 2.34. The molecule has 0 saturated heterocycles. The largest absolute Gasteiger partial charge is 0.497 e. The SMILES string of the molecule is COc1cccc(CS(=O)(=O)c2ccc(Nc3nc(N)c(C(=O)c4c(Cl)cccc4Cl)s3)cc2)c1. The Balaban J connectivity index is 1.51. The topological polar surface area (TPSA) is 111 Å². The summed E-state index contributed by atoms with van der Waals surface area (Å²) in [5.41, 5.74) is 7.33. The number of methoxy groups -OCH3 is 1. The van der Waals surface area contributed by atoms with Gasteiger partial charge in [-0.3, -0.25) is 4.79 Å². The predicted molar refractivity (Wildman–Crippen MR) is 140 cm³/mol. The monoisotopic (exact) mass is 547 g/mol. The first-order valence-electron chi connectivity index (χ1n) is 10.2. The van der Waals surface area contributed by atoms with Gasteiger partial charge in [-0.05, 0) is 54.1 Å². The van der Waals surface area contributed by atoms with Gasteiger partial charge < -0.3 is 15.8 Å². The second kappa shape index (κ2) is 10.2. The minimum atomic E-state index is -3.57. The number of rotatable bonds is 8. The first-order chi connectivity index (χ1) is 16.7. The second-order valence-corrected chi connectivity index (χ2v) is 11.2. The molecule has 7 nitrogen and oxygen atoms in total. The van der Waals surface area contributed by atoms with Crippen molar-refractivity contribution < 1.29 is 17.9 Å². The molecule has 3 aromatic carbocycles. The van der Waals surface area contributed by atoms with Gasteiger partial charge in [0.1, 0.15) is 16.4 Å². The lowest BCUT2D eigenvalue weighted by molar-refractivity contribution is 0.104. The number of nitrogens with one attached hydrogen (secondary N) is 1. The molecule has 11 heteroatoms. The van der Waals surface area contributed by atoms with Crippen molar-refractivity contribution >= 4 is 66.8 Å². The molecule has 180 valence electrons. The summed E-state index contributed by atoms with van der Waals surface area (Å²) in [6.07, 6.45) is 0. The van der Waals surface area contributed by atoms with Crippen molar-refractivity contribution in [3.63, 3.8) is 0 Å². The standard InChI is InChI=1S/C24H19Cl2N3O4S2/c1-33-16-5-2-4-14(12-16)13-35(31,32)17-10-8-15(9-11-17)28-24-29-23(27)22(34-24)21(30)20-18(25)6-3-7-19(20)26/h2-12H,13,27H2,1H3,(H,28,29). The Hall–Kier alpha value is -3.11. The molecule has 0 aliphatic heterocycles. The number of nitrogen functional groups attached to an aromatic ring is 1. The first kappa shape index (κ1) is 25.0. The maximum absolute atomic E-state index is 12.9. The highest BCUT2D eigenvalue weighted by atomic mass is 35.5. The van der Waals surface area contributed by atoms with Gasteiger partial charge in [-0.25, -0.2) is 13.4 Å². The van der Waals surface area contributed by atoms with Gasteiger partial charge in [0.15, 0.2) is 15.0 Å². The van der Waals surface area contributed by atoms with E-state index in [4.69, 9.17) is 33.7 Å². The van der Waals surface area contributed by atoms with E-state index in [9.17, 15) is 13.2 Å². The number of anilines is 3. The summed E-state index contributed by atoms with van der Waals surface area (Å²) in [6, 6.07) is 17.9. The van der Waals surface area contributed by atoms with Crippen LogP contribution >= 0.6 is 34.5 Å². The van der Waals surface area contributed by atoms with Crippen molar-refractivity contribution in [2.24, 2.45) is 0 Å². The first-order valence-corrected chi connectivity index (χ1v) is 13.4. The van der Waals surface area contributed by atoms with Gasteiger partial charge in [-0.2, -0.15) is 0 Å². The number of aromatic nitrogens is 1. The van der Waals surface area contributed by atoms with Gasteiger partial charge in [-0.15, -0.1) is 0 Å². The molecule has 0 radical (unpaired) electrons. The van der Waals surface area contributed by atoms with Gasteiger partial charge in [-0.1, -0.05) is 52.7 Å². The van der Waals surface area contributed by atoms with Crippen LogP contribution in [-0.4, -0.2) is 26.3 Å². The molecule has 0 atom stereocenters. The van der Waals surface area contributed by atoms with Crippen LogP contribution < -0.4 is 15.8 Å². The van der Waals surface area contributed by atoms with Gasteiger partial charge in [0, 0.05) is 5.69 Å². The lowest BCUT2D eigenvalue weighted by Gasteiger charge is -2.08. The number of thiazole rings is 1. The molecule has 0 saturated carbocycles. The zero-order valence-electron chi connectivity index (χ0n) is 18.3. The predicted octanol–water partition coefficient (Wildman–Crippen LogP) is 5.99. The third-order valence-electron chi connectivity index (χ3n) is 5.00. The molecule has 0 amide bonds. The van der Waals surface area contributed by atoms with Crippen LogP contribution in [0, 0.1) is 0 Å². The lowest BCUT2D eigenvalue weighted by Crippen LogP contribution is -2.05. The normalized spacial score (nSPS) is 11.3. The van der Waals surface area contributed by atoms with Crippen molar-refractivity contribution in [1.82, 2.24) is 4.98 Å². The van der Waals surface area contributed by atoms with E-state index in [1.165, 1.54) is 19.2 Å². The van der Waals surface area contributed by atoms with Crippen LogP contribution in [0.1, 0.15) is 20.8 Å². The van der Waals surface area contributed by atoms with Crippen LogP contribution in [0.3, 0.4) is 0 Å². The number of benzene rings is 3. The Morgan fingerprint density at radius 2 is 1.71 bits per heavy atom. The average molecular weight is 548 g/mol. The summed E-state index contributed by atoms with van der Waals surface area (Å²) in [7, 11) is -2.04. The molecule has 35 heavy (non-hydrogen) atoms. The highest BCUT2D eigenvalue weighted by molar-refractivity contribution is 7.90. The van der Waals surface area contributed by atoms with Crippen LogP contribution in [0.15, 0.2) is 71.6 Å². The zero-order chi connectivity index (χ0) is 25.2. The highest BCUT2D eigenvalue weighted by Gasteiger charge is 2.23. The van der Waals surface area contributed by atoms with Crippen molar-refractivity contribution in [3.8, 4) is 5.75 Å². The Morgan fingerprint density at radius 1 is 1.06 bits per heavy atom. The van der Waals surface area contributed by atoms with Crippen molar-refractivity contribution in [2.75, 3.05) is 18.2 Å². The van der Waals surface area contributed by atoms with Gasteiger partial charge in [0.2, 0.25) is 5.78 Å². The lowest BCUT2D eigenvalue weighted by atomic mass is 10.1. The van der Waals surface area contributed by atoms with E-state index in [1.807, 2.05) is 0 Å². The minimum Gasteiger partial charge on any atom is -0.497 e. The maximum atomic E-state index is 12.9. The van der Waals surface area contributed by atoms with Crippen molar-refractivity contribution in [2.45, 2.75) is 10.6 Å². The maximum Gasteiger partial charge on any atom is 0.209 e. The molecule has 4 aromatic rings. The van der Waals surface area contributed by atoms with Crippen LogP contribution in [0.4, 0.5) is 16.6 Å². The van der Waals surface area contributed by atoms with Crippen LogP contribution in [0.5, 0.6) is 5.75 Å². The molecule has 0 unspecified atom stereocenters. The molecular weight excluding hydrogens is 529 g/mol. The van der Waals surface area contributed by atoms with Gasteiger partial charge in [0.05, 0.1) is 33.4 Å². The van der Waals surface area contributed by atoms with E-state index in [2.05, 4.69) is 10.3 Å². The van der Waals surface area contributed by atoms with Crippen LogP contribution in [-0.2, 0) is 15.6 Å². The van der Waals surface area contributed by atoms with Gasteiger partial charge >= 0.3 is 0 Å². The number of sulfone groups is 1.